The molecule has 9 aromatic carbocycles. The molecular formula is C53H36N2. The van der Waals surface area contributed by atoms with Crippen molar-refractivity contribution < 1.29 is 0 Å². The highest BCUT2D eigenvalue weighted by molar-refractivity contribution is 6.22. The molecule has 10 aromatic rings. The fraction of sp³-hybridized carbons (Fsp3) is 0.0755. The van der Waals surface area contributed by atoms with E-state index in [0.29, 0.717) is 0 Å². The molecule has 2 nitrogen and oxygen atoms in total. The van der Waals surface area contributed by atoms with Crippen molar-refractivity contribution in [3.63, 3.8) is 0 Å². The summed E-state index contributed by atoms with van der Waals surface area (Å²) in [6.45, 7) is 2.23. The molecule has 12 rings (SSSR count). The first-order valence-corrected chi connectivity index (χ1v) is 19.5. The first kappa shape index (κ1) is 30.7. The second kappa shape index (κ2) is 11.4. The lowest BCUT2D eigenvalue weighted by atomic mass is 9.68. The Balaban J connectivity index is 1.24. The normalized spacial score (nSPS) is 13.5. The number of benzene rings is 9. The third-order valence-corrected chi connectivity index (χ3v) is 12.5. The van der Waals surface area contributed by atoms with Crippen LogP contribution in [0, 0.1) is 0 Å². The van der Waals surface area contributed by atoms with Crippen molar-refractivity contribution in [3.8, 4) is 39.1 Å². The standard InChI is InChI=1S/C53H36N2/c1-2-16-49-54-47-29-13-14-30-48(47)55(49)34-18-15-17-33(31-34)43-32-44-50-40-24-6-3-19-35(40)36-20-4-8-26-42(36)52(50)53(51(44)41-25-7-5-21-37(41)43)45-27-11-9-22-38(45)39-23-10-12-28-46(39)53/h3-15,17-32H,2,16H2,1H3. The number of hydrogen-bond acceptors (Lipinski definition) is 1. The van der Waals surface area contributed by atoms with E-state index in [1.807, 2.05) is 0 Å². The summed E-state index contributed by atoms with van der Waals surface area (Å²) in [5, 5.41) is 7.80. The maximum Gasteiger partial charge on any atom is 0.114 e. The van der Waals surface area contributed by atoms with Crippen molar-refractivity contribution >= 4 is 43.4 Å². The number of fused-ring (bicyclic) bond motifs is 18. The van der Waals surface area contributed by atoms with Crippen molar-refractivity contribution in [2.45, 2.75) is 25.2 Å². The zero-order valence-electron chi connectivity index (χ0n) is 30.6. The highest BCUT2D eigenvalue weighted by Crippen LogP contribution is 2.67. The molecule has 55 heavy (non-hydrogen) atoms. The molecule has 2 aliphatic carbocycles. The molecule has 1 aromatic heterocycles. The van der Waals surface area contributed by atoms with Gasteiger partial charge in [0, 0.05) is 12.1 Å². The van der Waals surface area contributed by atoms with Gasteiger partial charge in [0.2, 0.25) is 0 Å². The number of aromatic nitrogens is 2. The number of imidazole rings is 1. The largest absolute Gasteiger partial charge is 0.296 e. The van der Waals surface area contributed by atoms with Crippen LogP contribution in [0.2, 0.25) is 0 Å². The minimum Gasteiger partial charge on any atom is -0.296 e. The summed E-state index contributed by atoms with van der Waals surface area (Å²) in [4.78, 5) is 5.10. The van der Waals surface area contributed by atoms with Gasteiger partial charge in [-0.25, -0.2) is 4.98 Å². The van der Waals surface area contributed by atoms with Crippen molar-refractivity contribution in [3.05, 3.63) is 204 Å². The molecule has 0 unspecified atom stereocenters. The highest BCUT2D eigenvalue weighted by Gasteiger charge is 2.54. The number of para-hydroxylation sites is 2. The van der Waals surface area contributed by atoms with Gasteiger partial charge in [0.15, 0.2) is 0 Å². The lowest BCUT2D eigenvalue weighted by Gasteiger charge is -2.33. The van der Waals surface area contributed by atoms with Crippen LogP contribution in [0.3, 0.4) is 0 Å². The van der Waals surface area contributed by atoms with E-state index in [4.69, 9.17) is 4.98 Å². The molecule has 0 fully saturated rings. The first-order valence-electron chi connectivity index (χ1n) is 19.5. The van der Waals surface area contributed by atoms with E-state index in [0.717, 1.165) is 35.4 Å². The van der Waals surface area contributed by atoms with Gasteiger partial charge in [-0.1, -0.05) is 153 Å². The summed E-state index contributed by atoms with van der Waals surface area (Å²) in [5.74, 6) is 1.10. The minimum absolute atomic E-state index is 0.494. The Morgan fingerprint density at radius 3 is 1.78 bits per heavy atom. The van der Waals surface area contributed by atoms with Gasteiger partial charge >= 0.3 is 0 Å². The van der Waals surface area contributed by atoms with E-state index >= 15 is 0 Å². The second-order valence-electron chi connectivity index (χ2n) is 15.2. The predicted molar refractivity (Wildman–Crippen MR) is 229 cm³/mol. The minimum atomic E-state index is -0.494. The Hall–Kier alpha value is -6.77. The van der Waals surface area contributed by atoms with E-state index in [9.17, 15) is 0 Å². The molecule has 0 saturated carbocycles. The summed E-state index contributed by atoms with van der Waals surface area (Å²) in [6, 6.07) is 65.9. The van der Waals surface area contributed by atoms with Crippen LogP contribution in [0.4, 0.5) is 0 Å². The lowest BCUT2D eigenvalue weighted by Crippen LogP contribution is -2.26. The van der Waals surface area contributed by atoms with Crippen LogP contribution in [0.25, 0.3) is 82.4 Å². The third kappa shape index (κ3) is 3.96. The van der Waals surface area contributed by atoms with Gasteiger partial charge in [-0.2, -0.15) is 0 Å². The monoisotopic (exact) mass is 700 g/mol. The van der Waals surface area contributed by atoms with Crippen LogP contribution in [-0.2, 0) is 11.8 Å². The number of nitrogens with zero attached hydrogens (tertiary/aromatic N) is 2. The van der Waals surface area contributed by atoms with E-state index < -0.39 is 5.41 Å². The van der Waals surface area contributed by atoms with E-state index in [1.54, 1.807) is 0 Å². The van der Waals surface area contributed by atoms with Gasteiger partial charge in [-0.05, 0) is 125 Å². The third-order valence-electron chi connectivity index (χ3n) is 12.5. The van der Waals surface area contributed by atoms with Gasteiger partial charge in [-0.3, -0.25) is 4.57 Å². The maximum absolute atomic E-state index is 5.10. The highest BCUT2D eigenvalue weighted by atomic mass is 15.1. The second-order valence-corrected chi connectivity index (χ2v) is 15.2. The number of aryl methyl sites for hydroxylation is 1. The van der Waals surface area contributed by atoms with E-state index in [2.05, 4.69) is 187 Å². The molecule has 0 atom stereocenters. The van der Waals surface area contributed by atoms with E-state index in [1.165, 1.54) is 88.0 Å². The molecule has 2 heteroatoms. The molecule has 258 valence electrons. The average Bonchev–Trinajstić information content (AvgIpc) is 3.88. The maximum atomic E-state index is 5.10. The van der Waals surface area contributed by atoms with Crippen molar-refractivity contribution in [2.24, 2.45) is 0 Å². The predicted octanol–water partition coefficient (Wildman–Crippen LogP) is 13.4. The molecule has 0 aliphatic heterocycles. The van der Waals surface area contributed by atoms with Crippen LogP contribution < -0.4 is 0 Å². The molecule has 1 spiro atoms. The summed E-state index contributed by atoms with van der Waals surface area (Å²) in [6.07, 6.45) is 1.96. The SMILES string of the molecule is CCCc1nc2ccccc2n1-c1cccc(-c2cc3c(c4ccccc24)C2(c4ccccc4-c4ccccc42)c2c-3c3ccccc3c3ccccc23)c1. The number of hydrogen-bond donors (Lipinski definition) is 0. The molecule has 0 bridgehead atoms. The first-order chi connectivity index (χ1) is 27.3. The van der Waals surface area contributed by atoms with Gasteiger partial charge in [-0.15, -0.1) is 0 Å². The molecule has 2 aliphatic rings. The molecule has 0 radical (unpaired) electrons. The van der Waals surface area contributed by atoms with Crippen molar-refractivity contribution in [1.29, 1.82) is 0 Å². The number of rotatable bonds is 4. The van der Waals surface area contributed by atoms with Crippen LogP contribution in [0.1, 0.15) is 41.4 Å². The quantitative estimate of drug-likeness (QED) is 0.167. The summed E-state index contributed by atoms with van der Waals surface area (Å²) < 4.78 is 2.37. The van der Waals surface area contributed by atoms with Crippen LogP contribution in [0.5, 0.6) is 0 Å². The zero-order chi connectivity index (χ0) is 36.3. The van der Waals surface area contributed by atoms with Gasteiger partial charge in [0.1, 0.15) is 5.82 Å². The van der Waals surface area contributed by atoms with Crippen LogP contribution >= 0.6 is 0 Å². The van der Waals surface area contributed by atoms with Crippen molar-refractivity contribution in [2.75, 3.05) is 0 Å². The Morgan fingerprint density at radius 2 is 1.05 bits per heavy atom. The van der Waals surface area contributed by atoms with Gasteiger partial charge < -0.3 is 0 Å². The Bertz CT molecular complexity index is 3190. The Morgan fingerprint density at radius 1 is 0.473 bits per heavy atom. The molecule has 0 saturated heterocycles. The van der Waals surface area contributed by atoms with Crippen LogP contribution in [0.15, 0.2) is 176 Å². The Labute approximate surface area is 320 Å². The Kier molecular flexibility index (Phi) is 6.34. The summed E-state index contributed by atoms with van der Waals surface area (Å²) in [5.41, 5.74) is 16.1. The summed E-state index contributed by atoms with van der Waals surface area (Å²) in [7, 11) is 0. The van der Waals surface area contributed by atoms with Crippen molar-refractivity contribution in [1.82, 2.24) is 9.55 Å². The zero-order valence-corrected chi connectivity index (χ0v) is 30.6. The topological polar surface area (TPSA) is 17.8 Å². The van der Waals surface area contributed by atoms with E-state index in [-0.39, 0.29) is 0 Å². The van der Waals surface area contributed by atoms with Gasteiger partial charge in [0.05, 0.1) is 16.4 Å². The van der Waals surface area contributed by atoms with Crippen LogP contribution in [-0.4, -0.2) is 9.55 Å². The molecule has 0 N–H and O–H groups in total. The van der Waals surface area contributed by atoms with Gasteiger partial charge in [0.25, 0.3) is 0 Å². The lowest BCUT2D eigenvalue weighted by molar-refractivity contribution is 0.809. The average molecular weight is 701 g/mol. The fourth-order valence-corrected chi connectivity index (χ4v) is 10.5. The fourth-order valence-electron chi connectivity index (χ4n) is 10.5. The molecular weight excluding hydrogens is 665 g/mol. The smallest absolute Gasteiger partial charge is 0.114 e. The molecule has 1 heterocycles. The summed E-state index contributed by atoms with van der Waals surface area (Å²) >= 11 is 0. The molecule has 0 amide bonds.